The molecule has 1 aromatic carbocycles. The SMILES string of the molecule is CC1(c2cc(Cl)ccc2Cl)NC(=O)N(CC(=O)O)C1=O. The number of hydrogen-bond acceptors (Lipinski definition) is 3. The van der Waals surface area contributed by atoms with Crippen LogP contribution < -0.4 is 5.32 Å². The van der Waals surface area contributed by atoms with Crippen LogP contribution >= 0.6 is 23.2 Å². The Hall–Kier alpha value is -1.79. The molecule has 1 aliphatic heterocycles. The van der Waals surface area contributed by atoms with E-state index in [1.807, 2.05) is 0 Å². The van der Waals surface area contributed by atoms with Gasteiger partial charge in [-0.3, -0.25) is 14.5 Å². The van der Waals surface area contributed by atoms with Crippen molar-refractivity contribution in [3.05, 3.63) is 33.8 Å². The summed E-state index contributed by atoms with van der Waals surface area (Å²) in [6.07, 6.45) is 0. The number of nitrogens with one attached hydrogen (secondary N) is 1. The fraction of sp³-hybridized carbons (Fsp3) is 0.250. The number of carbonyl (C=O) groups excluding carboxylic acids is 2. The smallest absolute Gasteiger partial charge is 0.325 e. The quantitative estimate of drug-likeness (QED) is 0.833. The molecule has 1 saturated heterocycles. The van der Waals surface area contributed by atoms with E-state index in [1.165, 1.54) is 19.1 Å². The molecule has 1 heterocycles. The van der Waals surface area contributed by atoms with Gasteiger partial charge in [0, 0.05) is 15.6 Å². The molecule has 0 aliphatic carbocycles. The molecule has 6 nitrogen and oxygen atoms in total. The standard InChI is InChI=1S/C12H10Cl2N2O4/c1-12(7-4-6(13)2-3-8(7)14)10(19)16(5-9(17)18)11(20)15-12/h2-4H,5H2,1H3,(H,15,20)(H,17,18). The Balaban J connectivity index is 2.46. The van der Waals surface area contributed by atoms with Crippen LogP contribution in [0.2, 0.25) is 10.0 Å². The zero-order chi connectivity index (χ0) is 15.1. The molecule has 8 heteroatoms. The lowest BCUT2D eigenvalue weighted by atomic mass is 9.92. The number of carboxylic acid groups (broad SMARTS) is 1. The Morgan fingerprint density at radius 3 is 2.65 bits per heavy atom. The Labute approximate surface area is 124 Å². The number of hydrogen-bond donors (Lipinski definition) is 2. The first kappa shape index (κ1) is 14.6. The van der Waals surface area contributed by atoms with E-state index in [0.717, 1.165) is 0 Å². The van der Waals surface area contributed by atoms with Crippen molar-refractivity contribution >= 4 is 41.1 Å². The summed E-state index contributed by atoms with van der Waals surface area (Å²) in [7, 11) is 0. The molecule has 2 rings (SSSR count). The number of carbonyl (C=O) groups is 3. The predicted molar refractivity (Wildman–Crippen MR) is 71.7 cm³/mol. The third kappa shape index (κ3) is 2.32. The Kier molecular flexibility index (Phi) is 3.62. The topological polar surface area (TPSA) is 86.7 Å². The van der Waals surface area contributed by atoms with Gasteiger partial charge in [-0.25, -0.2) is 4.79 Å². The normalized spacial score (nSPS) is 22.1. The molecule has 3 amide bonds. The van der Waals surface area contributed by atoms with E-state index in [0.29, 0.717) is 15.5 Å². The van der Waals surface area contributed by atoms with Gasteiger partial charge in [-0.1, -0.05) is 23.2 Å². The maximum atomic E-state index is 12.3. The monoisotopic (exact) mass is 316 g/mol. The second-order valence-electron chi connectivity index (χ2n) is 4.46. The zero-order valence-corrected chi connectivity index (χ0v) is 11.8. The van der Waals surface area contributed by atoms with Crippen molar-refractivity contribution < 1.29 is 19.5 Å². The lowest BCUT2D eigenvalue weighted by Crippen LogP contribution is -2.41. The first-order valence-electron chi connectivity index (χ1n) is 5.57. The summed E-state index contributed by atoms with van der Waals surface area (Å²) in [5.74, 6) is -1.97. The number of halogens is 2. The van der Waals surface area contributed by atoms with Crippen LogP contribution in [0.25, 0.3) is 0 Å². The summed E-state index contributed by atoms with van der Waals surface area (Å²) in [4.78, 5) is 35.4. The van der Waals surface area contributed by atoms with E-state index in [1.54, 1.807) is 6.07 Å². The predicted octanol–water partition coefficient (Wildman–Crippen LogP) is 1.84. The van der Waals surface area contributed by atoms with Gasteiger partial charge in [0.2, 0.25) is 0 Å². The van der Waals surface area contributed by atoms with Gasteiger partial charge in [0.05, 0.1) is 0 Å². The molecule has 1 atom stereocenters. The summed E-state index contributed by atoms with van der Waals surface area (Å²) >= 11 is 11.9. The number of aliphatic carboxylic acids is 1. The Bertz CT molecular complexity index is 619. The van der Waals surface area contributed by atoms with E-state index in [4.69, 9.17) is 28.3 Å². The second-order valence-corrected chi connectivity index (χ2v) is 5.31. The van der Waals surface area contributed by atoms with E-state index in [2.05, 4.69) is 5.32 Å². The third-order valence-corrected chi connectivity index (χ3v) is 3.60. The van der Waals surface area contributed by atoms with Crippen LogP contribution in [0.1, 0.15) is 12.5 Å². The number of rotatable bonds is 3. The molecule has 2 N–H and O–H groups in total. The van der Waals surface area contributed by atoms with Crippen molar-refractivity contribution in [3.8, 4) is 0 Å². The summed E-state index contributed by atoms with van der Waals surface area (Å²) in [5.41, 5.74) is -1.12. The molecule has 1 fully saturated rings. The van der Waals surface area contributed by atoms with Gasteiger partial charge >= 0.3 is 12.0 Å². The number of imide groups is 1. The maximum absolute atomic E-state index is 12.3. The Morgan fingerprint density at radius 1 is 1.40 bits per heavy atom. The number of urea groups is 1. The van der Waals surface area contributed by atoms with Crippen LogP contribution in [-0.4, -0.2) is 34.5 Å². The minimum Gasteiger partial charge on any atom is -0.480 e. The van der Waals surface area contributed by atoms with Gasteiger partial charge in [0.1, 0.15) is 12.1 Å². The summed E-state index contributed by atoms with van der Waals surface area (Å²) in [6.45, 7) is 0.741. The maximum Gasteiger partial charge on any atom is 0.325 e. The van der Waals surface area contributed by atoms with Crippen LogP contribution in [0.15, 0.2) is 18.2 Å². The van der Waals surface area contributed by atoms with Crippen molar-refractivity contribution in [3.63, 3.8) is 0 Å². The molecule has 1 aliphatic rings. The van der Waals surface area contributed by atoms with Crippen LogP contribution in [0.4, 0.5) is 4.79 Å². The van der Waals surface area contributed by atoms with Gasteiger partial charge in [-0.2, -0.15) is 0 Å². The molecular weight excluding hydrogens is 307 g/mol. The fourth-order valence-corrected chi connectivity index (χ4v) is 2.52. The first-order chi connectivity index (χ1) is 9.25. The highest BCUT2D eigenvalue weighted by molar-refractivity contribution is 6.34. The highest BCUT2D eigenvalue weighted by atomic mass is 35.5. The number of amides is 3. The zero-order valence-electron chi connectivity index (χ0n) is 10.3. The average Bonchev–Trinajstić information content (AvgIpc) is 2.56. The molecule has 0 radical (unpaired) electrons. The fourth-order valence-electron chi connectivity index (χ4n) is 2.04. The van der Waals surface area contributed by atoms with E-state index >= 15 is 0 Å². The number of benzene rings is 1. The lowest BCUT2D eigenvalue weighted by molar-refractivity contribution is -0.142. The van der Waals surface area contributed by atoms with Crippen LogP contribution in [0, 0.1) is 0 Å². The van der Waals surface area contributed by atoms with Crippen LogP contribution in [0.3, 0.4) is 0 Å². The summed E-state index contributed by atoms with van der Waals surface area (Å²) < 4.78 is 0. The van der Waals surface area contributed by atoms with Crippen LogP contribution in [0.5, 0.6) is 0 Å². The van der Waals surface area contributed by atoms with E-state index < -0.39 is 30.0 Å². The number of carboxylic acids is 1. The van der Waals surface area contributed by atoms with Crippen molar-refractivity contribution in [2.75, 3.05) is 6.54 Å². The van der Waals surface area contributed by atoms with Gasteiger partial charge in [0.15, 0.2) is 0 Å². The molecule has 0 spiro atoms. The average molecular weight is 317 g/mol. The van der Waals surface area contributed by atoms with Gasteiger partial charge in [0.25, 0.3) is 5.91 Å². The van der Waals surface area contributed by atoms with Crippen LogP contribution in [-0.2, 0) is 15.1 Å². The number of nitrogens with zero attached hydrogens (tertiary/aromatic N) is 1. The molecule has 1 aromatic rings. The van der Waals surface area contributed by atoms with Gasteiger partial charge in [-0.15, -0.1) is 0 Å². The second kappa shape index (κ2) is 4.96. The van der Waals surface area contributed by atoms with E-state index in [9.17, 15) is 14.4 Å². The largest absolute Gasteiger partial charge is 0.480 e. The van der Waals surface area contributed by atoms with E-state index in [-0.39, 0.29) is 5.02 Å². The van der Waals surface area contributed by atoms with Crippen molar-refractivity contribution in [1.82, 2.24) is 10.2 Å². The molecule has 0 saturated carbocycles. The molecule has 1 unspecified atom stereocenters. The molecule has 20 heavy (non-hydrogen) atoms. The molecule has 0 bridgehead atoms. The minimum absolute atomic E-state index is 0.253. The van der Waals surface area contributed by atoms with Crippen molar-refractivity contribution in [2.45, 2.75) is 12.5 Å². The first-order valence-corrected chi connectivity index (χ1v) is 6.32. The third-order valence-electron chi connectivity index (χ3n) is 3.04. The lowest BCUT2D eigenvalue weighted by Gasteiger charge is -2.23. The van der Waals surface area contributed by atoms with Crippen molar-refractivity contribution in [1.29, 1.82) is 0 Å². The molecular formula is C12H10Cl2N2O4. The molecule has 0 aromatic heterocycles. The minimum atomic E-state index is -1.44. The highest BCUT2D eigenvalue weighted by Crippen LogP contribution is 2.35. The highest BCUT2D eigenvalue weighted by Gasteiger charge is 2.50. The summed E-state index contributed by atoms with van der Waals surface area (Å²) in [6, 6.07) is 3.74. The Morgan fingerprint density at radius 2 is 2.05 bits per heavy atom. The summed E-state index contributed by atoms with van der Waals surface area (Å²) in [5, 5.41) is 11.8. The van der Waals surface area contributed by atoms with Crippen molar-refractivity contribution in [2.24, 2.45) is 0 Å². The van der Waals surface area contributed by atoms with Gasteiger partial charge < -0.3 is 10.4 Å². The van der Waals surface area contributed by atoms with Gasteiger partial charge in [-0.05, 0) is 25.1 Å². The molecule has 106 valence electrons.